The Kier molecular flexibility index (Phi) is 7.86. The van der Waals surface area contributed by atoms with Crippen LogP contribution in [0.2, 0.25) is 0 Å². The predicted octanol–water partition coefficient (Wildman–Crippen LogP) is 7.28. The molecule has 5 rings (SSSR count). The number of aryl methyl sites for hydroxylation is 3. The highest BCUT2D eigenvalue weighted by Crippen LogP contribution is 2.45. The molecule has 1 fully saturated rings. The van der Waals surface area contributed by atoms with E-state index < -0.39 is 5.41 Å². The van der Waals surface area contributed by atoms with Gasteiger partial charge in [-0.05, 0) is 99.1 Å². The number of thiocarbonyl (C=S) groups is 1. The number of carbonyl (C=O) groups is 1. The van der Waals surface area contributed by atoms with Crippen LogP contribution in [0.4, 0.5) is 11.4 Å². The number of hydrogen-bond donors (Lipinski definition) is 2. The van der Waals surface area contributed by atoms with E-state index in [0.29, 0.717) is 16.5 Å². The maximum atomic E-state index is 12.7. The Morgan fingerprint density at radius 1 is 0.976 bits per heavy atom. The van der Waals surface area contributed by atoms with Crippen molar-refractivity contribution in [3.63, 3.8) is 0 Å². The minimum absolute atomic E-state index is 0.0844. The summed E-state index contributed by atoms with van der Waals surface area (Å²) < 4.78 is 8.07. The van der Waals surface area contributed by atoms with Gasteiger partial charge in [-0.1, -0.05) is 32.9 Å². The molecule has 2 N–H and O–H groups in total. The average Bonchev–Trinajstić information content (AvgIpc) is 3.43. The van der Waals surface area contributed by atoms with Gasteiger partial charge >= 0.3 is 0 Å². The smallest absolute Gasteiger partial charge is 0.229 e. The highest BCUT2D eigenvalue weighted by Gasteiger charge is 2.42. The first kappa shape index (κ1) is 29.3. The van der Waals surface area contributed by atoms with Crippen LogP contribution in [-0.4, -0.2) is 27.7 Å². The number of nitrogens with zero attached hydrogens (tertiary/aromatic N) is 3. The number of anilines is 2. The molecule has 1 saturated heterocycles. The van der Waals surface area contributed by atoms with E-state index in [4.69, 9.17) is 21.9 Å². The molecule has 7 nitrogen and oxygen atoms in total. The molecule has 0 aliphatic carbocycles. The lowest BCUT2D eigenvalue weighted by atomic mass is 9.95. The fourth-order valence-electron chi connectivity index (χ4n) is 5.76. The van der Waals surface area contributed by atoms with Gasteiger partial charge in [0.25, 0.3) is 0 Å². The molecule has 3 heterocycles. The average molecular weight is 582 g/mol. The van der Waals surface area contributed by atoms with Crippen molar-refractivity contribution < 1.29 is 9.53 Å². The molecule has 0 bridgehead atoms. The quantitative estimate of drug-likeness (QED) is 0.233. The normalized spacial score (nSPS) is 16.9. The topological polar surface area (TPSA) is 71.4 Å². The van der Waals surface area contributed by atoms with E-state index >= 15 is 0 Å². The van der Waals surface area contributed by atoms with Gasteiger partial charge in [-0.2, -0.15) is 0 Å². The van der Waals surface area contributed by atoms with Crippen LogP contribution in [-0.2, 0) is 4.79 Å². The Morgan fingerprint density at radius 3 is 2.31 bits per heavy atom. The lowest BCUT2D eigenvalue weighted by Crippen LogP contribution is -2.30. The first-order chi connectivity index (χ1) is 19.9. The van der Waals surface area contributed by atoms with Crippen LogP contribution >= 0.6 is 12.2 Å². The monoisotopic (exact) mass is 581 g/mol. The summed E-state index contributed by atoms with van der Waals surface area (Å²) in [6, 6.07) is 20.3. The molecule has 2 aromatic heterocycles. The standard InChI is InChI=1S/C34H39N5O2S/c1-20-15-21(2)17-25(16-20)38-22(3)18-26(23(38)4)31-30(28-11-9-10-14-35-28)37-33(42)39(31)24-12-13-27(29(19-24)41-8)36-32(40)34(5,6)7/h9-19,30-31H,1-8H3,(H,36,40)(H,37,42). The number of aromatic nitrogens is 2. The second-order valence-electron chi connectivity index (χ2n) is 12.1. The molecule has 4 aromatic rings. The van der Waals surface area contributed by atoms with Gasteiger partial charge in [0.15, 0.2) is 5.11 Å². The molecule has 1 aliphatic rings. The van der Waals surface area contributed by atoms with Gasteiger partial charge in [0, 0.05) is 40.4 Å². The Labute approximate surface area is 253 Å². The van der Waals surface area contributed by atoms with E-state index in [1.807, 2.05) is 63.4 Å². The van der Waals surface area contributed by atoms with Gasteiger partial charge in [0.2, 0.25) is 5.91 Å². The third-order valence-electron chi connectivity index (χ3n) is 7.74. The zero-order chi connectivity index (χ0) is 30.3. The maximum absolute atomic E-state index is 12.7. The fourth-order valence-corrected chi connectivity index (χ4v) is 6.10. The van der Waals surface area contributed by atoms with Crippen LogP contribution in [0, 0.1) is 33.1 Å². The molecule has 1 amide bonds. The number of amides is 1. The van der Waals surface area contributed by atoms with Gasteiger partial charge in [-0.3, -0.25) is 9.78 Å². The van der Waals surface area contributed by atoms with Crippen molar-refractivity contribution in [3.05, 3.63) is 101 Å². The molecular weight excluding hydrogens is 542 g/mol. The molecule has 8 heteroatoms. The number of hydrogen-bond acceptors (Lipinski definition) is 4. The summed E-state index contributed by atoms with van der Waals surface area (Å²) in [5.41, 5.74) is 8.87. The highest BCUT2D eigenvalue weighted by atomic mass is 32.1. The third kappa shape index (κ3) is 5.51. The summed E-state index contributed by atoms with van der Waals surface area (Å²) >= 11 is 5.99. The van der Waals surface area contributed by atoms with Gasteiger partial charge in [0.1, 0.15) is 5.75 Å². The van der Waals surface area contributed by atoms with Gasteiger partial charge in [-0.25, -0.2) is 0 Å². The molecule has 2 atom stereocenters. The summed E-state index contributed by atoms with van der Waals surface area (Å²) in [5.74, 6) is 0.479. The van der Waals surface area contributed by atoms with Gasteiger partial charge in [0.05, 0.1) is 30.6 Å². The SMILES string of the molecule is COc1cc(N2C(=S)NC(c3ccccn3)C2c2cc(C)n(-c3cc(C)cc(C)c3)c2C)ccc1NC(=O)C(C)(C)C. The number of pyridine rings is 1. The molecule has 0 radical (unpaired) electrons. The third-order valence-corrected chi connectivity index (χ3v) is 8.06. The number of carbonyl (C=O) groups excluding carboxylic acids is 1. The Hall–Kier alpha value is -4.17. The Morgan fingerprint density at radius 2 is 1.69 bits per heavy atom. The minimum Gasteiger partial charge on any atom is -0.494 e. The Bertz CT molecular complexity index is 1630. The summed E-state index contributed by atoms with van der Waals surface area (Å²) in [5, 5.41) is 7.17. The zero-order valence-electron chi connectivity index (χ0n) is 25.6. The molecule has 1 aliphatic heterocycles. The number of nitrogens with one attached hydrogen (secondary N) is 2. The van der Waals surface area contributed by atoms with E-state index in [2.05, 4.69) is 72.1 Å². The lowest BCUT2D eigenvalue weighted by molar-refractivity contribution is -0.123. The molecule has 42 heavy (non-hydrogen) atoms. The van der Waals surface area contributed by atoms with Crippen LogP contribution in [0.3, 0.4) is 0 Å². The van der Waals surface area contributed by atoms with E-state index in [1.165, 1.54) is 11.1 Å². The van der Waals surface area contributed by atoms with E-state index in [9.17, 15) is 4.79 Å². The van der Waals surface area contributed by atoms with Crippen molar-refractivity contribution >= 4 is 34.6 Å². The van der Waals surface area contributed by atoms with E-state index in [1.54, 1.807) is 7.11 Å². The number of rotatable bonds is 6. The van der Waals surface area contributed by atoms with Crippen LogP contribution in [0.1, 0.15) is 66.6 Å². The van der Waals surface area contributed by atoms with Crippen molar-refractivity contribution in [1.82, 2.24) is 14.9 Å². The first-order valence-corrected chi connectivity index (χ1v) is 14.6. The summed E-state index contributed by atoms with van der Waals surface area (Å²) in [7, 11) is 1.61. The second kappa shape index (κ2) is 11.2. The van der Waals surface area contributed by atoms with E-state index in [-0.39, 0.29) is 18.0 Å². The summed E-state index contributed by atoms with van der Waals surface area (Å²) in [4.78, 5) is 19.6. The fraction of sp³-hybridized carbons (Fsp3) is 0.324. The van der Waals surface area contributed by atoms with Gasteiger partial charge < -0.3 is 24.8 Å². The maximum Gasteiger partial charge on any atom is 0.229 e. The lowest BCUT2D eigenvalue weighted by Gasteiger charge is -2.29. The van der Waals surface area contributed by atoms with E-state index in [0.717, 1.165) is 34.0 Å². The van der Waals surface area contributed by atoms with Crippen LogP contribution < -0.4 is 20.3 Å². The van der Waals surface area contributed by atoms with Crippen LogP contribution in [0.5, 0.6) is 5.75 Å². The number of ether oxygens (including phenoxy) is 1. The number of methoxy groups -OCH3 is 1. The summed E-state index contributed by atoms with van der Waals surface area (Å²) in [6.07, 6.45) is 1.81. The molecule has 218 valence electrons. The van der Waals surface area contributed by atoms with Gasteiger partial charge in [-0.15, -0.1) is 0 Å². The van der Waals surface area contributed by atoms with Crippen molar-refractivity contribution in [2.24, 2.45) is 5.41 Å². The largest absolute Gasteiger partial charge is 0.494 e. The second-order valence-corrected chi connectivity index (χ2v) is 12.5. The highest BCUT2D eigenvalue weighted by molar-refractivity contribution is 7.80. The zero-order valence-corrected chi connectivity index (χ0v) is 26.4. The number of benzene rings is 2. The predicted molar refractivity (Wildman–Crippen MR) is 174 cm³/mol. The van der Waals surface area contributed by atoms with Crippen molar-refractivity contribution in [2.45, 2.75) is 60.5 Å². The molecule has 0 spiro atoms. The summed E-state index contributed by atoms with van der Waals surface area (Å²) in [6.45, 7) is 14.2. The van der Waals surface area contributed by atoms with Crippen LogP contribution in [0.15, 0.2) is 66.9 Å². The molecule has 2 aromatic carbocycles. The molecule has 0 saturated carbocycles. The molecule has 2 unspecified atom stereocenters. The van der Waals surface area contributed by atoms with Crippen molar-refractivity contribution in [3.8, 4) is 11.4 Å². The minimum atomic E-state index is -0.538. The van der Waals surface area contributed by atoms with Crippen molar-refractivity contribution in [1.29, 1.82) is 0 Å². The first-order valence-electron chi connectivity index (χ1n) is 14.2. The molecular formula is C34H39N5O2S. The Balaban J connectivity index is 1.64. The van der Waals surface area contributed by atoms with Crippen LogP contribution in [0.25, 0.3) is 5.69 Å². The van der Waals surface area contributed by atoms with Crippen molar-refractivity contribution in [2.75, 3.05) is 17.3 Å².